The Balaban J connectivity index is 2.55. The van der Waals surface area contributed by atoms with E-state index in [9.17, 15) is 9.59 Å². The maximum atomic E-state index is 11.0. The first-order chi connectivity index (χ1) is 9.06. The molecule has 1 rings (SSSR count). The normalized spacial score (nSPS) is 11.5. The van der Waals surface area contributed by atoms with Crippen molar-refractivity contribution in [2.45, 2.75) is 18.9 Å². The largest absolute Gasteiger partial charge is 0.497 e. The Bertz CT molecular complexity index is 429. The van der Waals surface area contributed by atoms with Crippen molar-refractivity contribution in [1.29, 1.82) is 0 Å². The third kappa shape index (κ3) is 4.87. The van der Waals surface area contributed by atoms with Gasteiger partial charge in [0.15, 0.2) is 0 Å². The van der Waals surface area contributed by atoms with E-state index in [0.29, 0.717) is 6.42 Å². The number of carboxylic acids is 1. The van der Waals surface area contributed by atoms with E-state index in [4.69, 9.17) is 9.84 Å². The molecular formula is C13H17NO5. The number of ether oxygens (including phenoxy) is 2. The highest BCUT2D eigenvalue weighted by molar-refractivity contribution is 5.79. The Morgan fingerprint density at radius 3 is 2.37 bits per heavy atom. The fourth-order valence-corrected chi connectivity index (χ4v) is 1.56. The molecule has 0 saturated heterocycles. The van der Waals surface area contributed by atoms with Crippen LogP contribution >= 0.6 is 0 Å². The van der Waals surface area contributed by atoms with Crippen molar-refractivity contribution >= 4 is 12.1 Å². The molecule has 0 aromatic heterocycles. The van der Waals surface area contributed by atoms with E-state index in [-0.39, 0.29) is 6.42 Å². The number of benzene rings is 1. The molecule has 0 radical (unpaired) electrons. The topological polar surface area (TPSA) is 84.9 Å². The van der Waals surface area contributed by atoms with Gasteiger partial charge >= 0.3 is 12.1 Å². The van der Waals surface area contributed by atoms with Crippen molar-refractivity contribution in [3.63, 3.8) is 0 Å². The lowest BCUT2D eigenvalue weighted by Gasteiger charge is -2.13. The van der Waals surface area contributed by atoms with E-state index < -0.39 is 18.1 Å². The lowest BCUT2D eigenvalue weighted by molar-refractivity contribution is -0.139. The molecule has 0 spiro atoms. The Labute approximate surface area is 111 Å². The number of hydrogen-bond acceptors (Lipinski definition) is 4. The maximum Gasteiger partial charge on any atom is 0.407 e. The number of carboxylic acid groups (broad SMARTS) is 1. The predicted molar refractivity (Wildman–Crippen MR) is 68.3 cm³/mol. The molecule has 0 fully saturated rings. The number of alkyl carbamates (subject to hydrolysis) is 1. The molecule has 19 heavy (non-hydrogen) atoms. The minimum atomic E-state index is -1.08. The SMILES string of the molecule is COC(=O)N[C@H](CCc1ccc(OC)cc1)C(=O)O. The number of carbonyl (C=O) groups excluding carboxylic acids is 1. The highest BCUT2D eigenvalue weighted by Gasteiger charge is 2.19. The zero-order chi connectivity index (χ0) is 14.3. The number of aryl methyl sites for hydroxylation is 1. The van der Waals surface area contributed by atoms with Crippen LogP contribution < -0.4 is 10.1 Å². The van der Waals surface area contributed by atoms with Gasteiger partial charge < -0.3 is 19.9 Å². The second-order valence-corrected chi connectivity index (χ2v) is 3.91. The van der Waals surface area contributed by atoms with Crippen LogP contribution in [0.25, 0.3) is 0 Å². The average Bonchev–Trinajstić information content (AvgIpc) is 2.43. The number of carbonyl (C=O) groups is 2. The number of amides is 1. The molecule has 0 bridgehead atoms. The van der Waals surface area contributed by atoms with Gasteiger partial charge in [-0.25, -0.2) is 9.59 Å². The van der Waals surface area contributed by atoms with Crippen LogP contribution in [0.5, 0.6) is 5.75 Å². The molecule has 6 heteroatoms. The molecule has 1 amide bonds. The summed E-state index contributed by atoms with van der Waals surface area (Å²) in [4.78, 5) is 22.0. The molecular weight excluding hydrogens is 250 g/mol. The van der Waals surface area contributed by atoms with E-state index >= 15 is 0 Å². The van der Waals surface area contributed by atoms with Crippen LogP contribution in [0.2, 0.25) is 0 Å². The summed E-state index contributed by atoms with van der Waals surface area (Å²) in [6.45, 7) is 0. The van der Waals surface area contributed by atoms with Crippen molar-refractivity contribution < 1.29 is 24.2 Å². The van der Waals surface area contributed by atoms with Crippen molar-refractivity contribution in [2.75, 3.05) is 14.2 Å². The number of methoxy groups -OCH3 is 2. The van der Waals surface area contributed by atoms with Crippen molar-refractivity contribution in [1.82, 2.24) is 5.32 Å². The highest BCUT2D eigenvalue weighted by atomic mass is 16.5. The van der Waals surface area contributed by atoms with Crippen LogP contribution in [0.1, 0.15) is 12.0 Å². The standard InChI is InChI=1S/C13H17NO5/c1-18-10-6-3-9(4-7-10)5-8-11(12(15)16)14-13(17)19-2/h3-4,6-7,11H,5,8H2,1-2H3,(H,14,17)(H,15,16)/t11-/m1/s1. The fraction of sp³-hybridized carbons (Fsp3) is 0.385. The van der Waals surface area contributed by atoms with Gasteiger partial charge in [-0.15, -0.1) is 0 Å². The molecule has 0 aliphatic heterocycles. The van der Waals surface area contributed by atoms with Gasteiger partial charge in [0.2, 0.25) is 0 Å². The van der Waals surface area contributed by atoms with Gasteiger partial charge in [-0.05, 0) is 30.5 Å². The van der Waals surface area contributed by atoms with Crippen LogP contribution in [0.15, 0.2) is 24.3 Å². The van der Waals surface area contributed by atoms with Crippen molar-refractivity contribution in [3.8, 4) is 5.75 Å². The van der Waals surface area contributed by atoms with Crippen molar-refractivity contribution in [2.24, 2.45) is 0 Å². The second kappa shape index (κ2) is 7.25. The van der Waals surface area contributed by atoms with Crippen LogP contribution in [0, 0.1) is 0 Å². The summed E-state index contributed by atoms with van der Waals surface area (Å²) in [5.41, 5.74) is 0.971. The lowest BCUT2D eigenvalue weighted by atomic mass is 10.1. The molecule has 0 aliphatic rings. The fourth-order valence-electron chi connectivity index (χ4n) is 1.56. The van der Waals surface area contributed by atoms with Gasteiger partial charge in [0.25, 0.3) is 0 Å². The van der Waals surface area contributed by atoms with Crippen molar-refractivity contribution in [3.05, 3.63) is 29.8 Å². The Morgan fingerprint density at radius 1 is 1.26 bits per heavy atom. The first-order valence-corrected chi connectivity index (χ1v) is 5.77. The Kier molecular flexibility index (Phi) is 5.66. The molecule has 6 nitrogen and oxygen atoms in total. The average molecular weight is 267 g/mol. The molecule has 0 saturated carbocycles. The van der Waals surface area contributed by atoms with E-state index in [2.05, 4.69) is 10.1 Å². The smallest absolute Gasteiger partial charge is 0.407 e. The zero-order valence-corrected chi connectivity index (χ0v) is 10.9. The summed E-state index contributed by atoms with van der Waals surface area (Å²) >= 11 is 0. The van der Waals surface area contributed by atoms with E-state index in [0.717, 1.165) is 11.3 Å². The highest BCUT2D eigenvalue weighted by Crippen LogP contribution is 2.13. The third-order valence-corrected chi connectivity index (χ3v) is 2.66. The molecule has 2 N–H and O–H groups in total. The quantitative estimate of drug-likeness (QED) is 0.814. The van der Waals surface area contributed by atoms with Crippen LogP contribution in [0.4, 0.5) is 4.79 Å². The summed E-state index contributed by atoms with van der Waals surface area (Å²) in [7, 11) is 2.77. The molecule has 1 aromatic carbocycles. The van der Waals surface area contributed by atoms with Gasteiger partial charge in [-0.2, -0.15) is 0 Å². The molecule has 0 unspecified atom stereocenters. The van der Waals surface area contributed by atoms with Gasteiger partial charge in [0.05, 0.1) is 14.2 Å². The summed E-state index contributed by atoms with van der Waals surface area (Å²) in [6.07, 6.45) is 0.0731. The third-order valence-electron chi connectivity index (χ3n) is 2.66. The van der Waals surface area contributed by atoms with Gasteiger partial charge in [-0.3, -0.25) is 0 Å². The number of aliphatic carboxylic acids is 1. The molecule has 1 atom stereocenters. The number of rotatable bonds is 6. The minimum Gasteiger partial charge on any atom is -0.497 e. The first-order valence-electron chi connectivity index (χ1n) is 5.77. The summed E-state index contributed by atoms with van der Waals surface area (Å²) < 4.78 is 9.42. The summed E-state index contributed by atoms with van der Waals surface area (Å²) in [6, 6.07) is 6.36. The van der Waals surface area contributed by atoms with Gasteiger partial charge in [0, 0.05) is 0 Å². The van der Waals surface area contributed by atoms with Gasteiger partial charge in [-0.1, -0.05) is 12.1 Å². The second-order valence-electron chi connectivity index (χ2n) is 3.91. The van der Waals surface area contributed by atoms with E-state index in [1.54, 1.807) is 19.2 Å². The molecule has 104 valence electrons. The Morgan fingerprint density at radius 2 is 1.89 bits per heavy atom. The van der Waals surface area contributed by atoms with Crippen LogP contribution in [-0.4, -0.2) is 37.4 Å². The number of hydrogen-bond donors (Lipinski definition) is 2. The first kappa shape index (κ1) is 14.8. The lowest BCUT2D eigenvalue weighted by Crippen LogP contribution is -2.41. The van der Waals surface area contributed by atoms with Crippen LogP contribution in [0.3, 0.4) is 0 Å². The minimum absolute atomic E-state index is 0.288. The number of nitrogens with one attached hydrogen (secondary N) is 1. The van der Waals surface area contributed by atoms with E-state index in [1.165, 1.54) is 7.11 Å². The molecule has 0 heterocycles. The maximum absolute atomic E-state index is 11.0. The monoisotopic (exact) mass is 267 g/mol. The van der Waals surface area contributed by atoms with Gasteiger partial charge in [0.1, 0.15) is 11.8 Å². The summed E-state index contributed by atoms with van der Waals surface area (Å²) in [5, 5.41) is 11.3. The molecule has 0 aliphatic carbocycles. The predicted octanol–water partition coefficient (Wildman–Crippen LogP) is 1.44. The summed E-state index contributed by atoms with van der Waals surface area (Å²) in [5.74, 6) is -0.342. The Hall–Kier alpha value is -2.24. The van der Waals surface area contributed by atoms with E-state index in [1.807, 2.05) is 12.1 Å². The molecule has 1 aromatic rings. The van der Waals surface area contributed by atoms with Crippen LogP contribution in [-0.2, 0) is 16.0 Å². The zero-order valence-electron chi connectivity index (χ0n) is 10.9.